The molecular weight excluding hydrogens is 365 g/mol. The number of hydrogen-bond donors (Lipinski definition) is 1. The molecule has 3 rings (SSSR count). The Hall–Kier alpha value is -3.43. The van der Waals surface area contributed by atoms with Crippen molar-refractivity contribution in [3.05, 3.63) is 69.8 Å². The van der Waals surface area contributed by atoms with E-state index in [1.807, 2.05) is 0 Å². The van der Waals surface area contributed by atoms with E-state index < -0.39 is 63.0 Å². The zero-order valence-electron chi connectivity index (χ0n) is 12.4. The molecule has 0 radical (unpaired) electrons. The molecule has 1 aromatic heterocycles. The molecule has 0 aliphatic carbocycles. The summed E-state index contributed by atoms with van der Waals surface area (Å²) in [7, 11) is 0. The third kappa shape index (κ3) is 2.75. The van der Waals surface area contributed by atoms with Crippen molar-refractivity contribution >= 4 is 17.1 Å². The highest BCUT2D eigenvalue weighted by Crippen LogP contribution is 2.27. The summed E-state index contributed by atoms with van der Waals surface area (Å²) in [4.78, 5) is 22.9. The number of benzene rings is 2. The van der Waals surface area contributed by atoms with Crippen molar-refractivity contribution in [2.45, 2.75) is 0 Å². The number of rotatable bonds is 2. The van der Waals surface area contributed by atoms with Crippen LogP contribution in [0.1, 0.15) is 0 Å². The SMILES string of the molecule is O=C(O)Oc1cn(-c2ccc(F)cc2F)c2c(F)c(F)c(F)cc2c1=O. The summed E-state index contributed by atoms with van der Waals surface area (Å²) >= 11 is 0. The van der Waals surface area contributed by atoms with Crippen LogP contribution in [-0.2, 0) is 0 Å². The fraction of sp³-hybridized carbons (Fsp3) is 0. The lowest BCUT2D eigenvalue weighted by Crippen LogP contribution is -2.18. The normalized spacial score (nSPS) is 11.0. The topological polar surface area (TPSA) is 68.5 Å². The number of hydrogen-bond acceptors (Lipinski definition) is 3. The van der Waals surface area contributed by atoms with Crippen LogP contribution in [-0.4, -0.2) is 15.8 Å². The molecule has 0 amide bonds. The summed E-state index contributed by atoms with van der Waals surface area (Å²) in [5.74, 6) is -8.59. The second kappa shape index (κ2) is 6.14. The summed E-state index contributed by atoms with van der Waals surface area (Å²) in [6.45, 7) is 0. The Balaban J connectivity index is 2.50. The molecule has 10 heteroatoms. The van der Waals surface area contributed by atoms with Gasteiger partial charge in [-0.15, -0.1) is 0 Å². The lowest BCUT2D eigenvalue weighted by molar-refractivity contribution is 0.144. The molecule has 0 saturated heterocycles. The largest absolute Gasteiger partial charge is 0.511 e. The van der Waals surface area contributed by atoms with E-state index in [9.17, 15) is 31.5 Å². The van der Waals surface area contributed by atoms with E-state index in [1.54, 1.807) is 0 Å². The van der Waals surface area contributed by atoms with Crippen LogP contribution in [0.5, 0.6) is 5.75 Å². The first kappa shape index (κ1) is 17.4. The summed E-state index contributed by atoms with van der Waals surface area (Å²) in [5.41, 5.74) is -2.70. The van der Waals surface area contributed by atoms with Gasteiger partial charge in [-0.2, -0.15) is 0 Å². The lowest BCUT2D eigenvalue weighted by Gasteiger charge is -2.15. The van der Waals surface area contributed by atoms with Crippen LogP contribution < -0.4 is 10.2 Å². The number of ether oxygens (including phenoxy) is 1. The Labute approximate surface area is 140 Å². The van der Waals surface area contributed by atoms with Crippen molar-refractivity contribution in [2.24, 2.45) is 0 Å². The van der Waals surface area contributed by atoms with Gasteiger partial charge in [-0.3, -0.25) is 4.79 Å². The summed E-state index contributed by atoms with van der Waals surface area (Å²) < 4.78 is 73.3. The molecule has 1 N–H and O–H groups in total. The van der Waals surface area contributed by atoms with Gasteiger partial charge >= 0.3 is 6.16 Å². The number of fused-ring (bicyclic) bond motifs is 1. The molecule has 26 heavy (non-hydrogen) atoms. The van der Waals surface area contributed by atoms with E-state index in [-0.39, 0.29) is 0 Å². The van der Waals surface area contributed by atoms with E-state index in [0.717, 1.165) is 12.1 Å². The van der Waals surface area contributed by atoms with Crippen LogP contribution in [0, 0.1) is 29.1 Å². The molecule has 0 aliphatic heterocycles. The first-order valence-electron chi connectivity index (χ1n) is 6.79. The van der Waals surface area contributed by atoms with Crippen LogP contribution in [0.15, 0.2) is 35.3 Å². The van der Waals surface area contributed by atoms with Crippen molar-refractivity contribution in [1.29, 1.82) is 0 Å². The van der Waals surface area contributed by atoms with E-state index in [0.29, 0.717) is 22.9 Å². The number of carboxylic acid groups (broad SMARTS) is 1. The Bertz CT molecular complexity index is 1130. The molecule has 3 aromatic rings. The lowest BCUT2D eigenvalue weighted by atomic mass is 10.1. The van der Waals surface area contributed by atoms with Crippen LogP contribution in [0.3, 0.4) is 0 Å². The third-order valence-corrected chi connectivity index (χ3v) is 3.46. The zero-order valence-corrected chi connectivity index (χ0v) is 12.4. The van der Waals surface area contributed by atoms with Gasteiger partial charge in [0.2, 0.25) is 5.43 Å². The molecule has 0 saturated carbocycles. The van der Waals surface area contributed by atoms with Crippen LogP contribution in [0.2, 0.25) is 0 Å². The maximum atomic E-state index is 14.3. The van der Waals surface area contributed by atoms with Gasteiger partial charge in [0, 0.05) is 6.07 Å². The van der Waals surface area contributed by atoms with Gasteiger partial charge < -0.3 is 14.4 Å². The number of aromatic nitrogens is 1. The second-order valence-corrected chi connectivity index (χ2v) is 5.04. The number of halogens is 5. The fourth-order valence-corrected chi connectivity index (χ4v) is 2.40. The molecule has 2 aromatic carbocycles. The van der Waals surface area contributed by atoms with Gasteiger partial charge in [-0.1, -0.05) is 0 Å². The van der Waals surface area contributed by atoms with Gasteiger partial charge in [-0.25, -0.2) is 26.7 Å². The maximum Gasteiger partial charge on any atom is 0.511 e. The molecule has 0 fully saturated rings. The van der Waals surface area contributed by atoms with E-state index in [2.05, 4.69) is 4.74 Å². The predicted octanol–water partition coefficient (Wildman–Crippen LogP) is 3.74. The molecule has 1 heterocycles. The predicted molar refractivity (Wildman–Crippen MR) is 78.0 cm³/mol. The average Bonchev–Trinajstić information content (AvgIpc) is 2.55. The minimum absolute atomic E-state index is 0.322. The smallest absolute Gasteiger partial charge is 0.449 e. The zero-order chi connectivity index (χ0) is 19.2. The highest BCUT2D eigenvalue weighted by Gasteiger charge is 2.23. The molecule has 0 unspecified atom stereocenters. The van der Waals surface area contributed by atoms with Crippen LogP contribution in [0.25, 0.3) is 16.6 Å². The van der Waals surface area contributed by atoms with Crippen molar-refractivity contribution < 1.29 is 36.6 Å². The van der Waals surface area contributed by atoms with Gasteiger partial charge in [0.15, 0.2) is 23.2 Å². The van der Waals surface area contributed by atoms with Crippen molar-refractivity contribution in [1.82, 2.24) is 4.57 Å². The maximum absolute atomic E-state index is 14.3. The Morgan fingerprint density at radius 3 is 2.31 bits per heavy atom. The standard InChI is InChI=1S/C16H6F5NO4/c17-6-1-2-10(8(18)3-6)22-5-11(26-16(24)25)15(23)7-4-9(19)12(20)13(21)14(7)22/h1-5H,(H,24,25). The second-order valence-electron chi connectivity index (χ2n) is 5.04. The van der Waals surface area contributed by atoms with Crippen LogP contribution in [0.4, 0.5) is 26.7 Å². The molecule has 0 bridgehead atoms. The third-order valence-electron chi connectivity index (χ3n) is 3.46. The Kier molecular flexibility index (Phi) is 4.10. The Morgan fingerprint density at radius 2 is 1.69 bits per heavy atom. The quantitative estimate of drug-likeness (QED) is 0.423. The summed E-state index contributed by atoms with van der Waals surface area (Å²) in [5, 5.41) is 7.87. The Morgan fingerprint density at radius 1 is 1.00 bits per heavy atom. The van der Waals surface area contributed by atoms with Gasteiger partial charge in [0.05, 0.1) is 22.8 Å². The average molecular weight is 371 g/mol. The fourth-order valence-electron chi connectivity index (χ4n) is 2.40. The molecule has 5 nitrogen and oxygen atoms in total. The number of pyridine rings is 1. The van der Waals surface area contributed by atoms with E-state index >= 15 is 0 Å². The van der Waals surface area contributed by atoms with Crippen LogP contribution >= 0.6 is 0 Å². The molecule has 0 aliphatic rings. The first-order valence-corrected chi connectivity index (χ1v) is 6.79. The summed E-state index contributed by atoms with van der Waals surface area (Å²) in [6.07, 6.45) is -1.34. The molecule has 0 atom stereocenters. The molecular formula is C16H6F5NO4. The number of carbonyl (C=O) groups is 1. The van der Waals surface area contributed by atoms with E-state index in [1.165, 1.54) is 0 Å². The molecule has 134 valence electrons. The minimum Gasteiger partial charge on any atom is -0.449 e. The monoisotopic (exact) mass is 371 g/mol. The van der Waals surface area contributed by atoms with Gasteiger partial charge in [-0.05, 0) is 18.2 Å². The van der Waals surface area contributed by atoms with Gasteiger partial charge in [0.25, 0.3) is 0 Å². The van der Waals surface area contributed by atoms with Crippen molar-refractivity contribution in [3.8, 4) is 11.4 Å². The highest BCUT2D eigenvalue weighted by molar-refractivity contribution is 5.83. The summed E-state index contributed by atoms with van der Waals surface area (Å²) in [6, 6.07) is 2.37. The first-order chi connectivity index (χ1) is 12.2. The van der Waals surface area contributed by atoms with Crippen molar-refractivity contribution in [3.63, 3.8) is 0 Å². The van der Waals surface area contributed by atoms with E-state index in [4.69, 9.17) is 5.11 Å². The molecule has 0 spiro atoms. The minimum atomic E-state index is -1.93. The highest BCUT2D eigenvalue weighted by atomic mass is 19.2. The van der Waals surface area contributed by atoms with Crippen molar-refractivity contribution in [2.75, 3.05) is 0 Å². The van der Waals surface area contributed by atoms with Gasteiger partial charge in [0.1, 0.15) is 11.6 Å². The number of nitrogens with zero attached hydrogens (tertiary/aromatic N) is 1.